The number of fused-ring (bicyclic) bond motifs is 2. The molecule has 1 aromatic rings. The highest BCUT2D eigenvalue weighted by molar-refractivity contribution is 6.20. The fourth-order valence-electron chi connectivity index (χ4n) is 9.48. The minimum absolute atomic E-state index is 0.0921. The molecular formula is C38H49F2N3O. The summed E-state index contributed by atoms with van der Waals surface area (Å²) in [6, 6.07) is 3.33. The molecule has 1 spiro atoms. The number of phenols is 1. The zero-order valence-electron chi connectivity index (χ0n) is 26.7. The van der Waals surface area contributed by atoms with Crippen LogP contribution in [0.15, 0.2) is 52.6 Å². The van der Waals surface area contributed by atoms with Gasteiger partial charge in [0.1, 0.15) is 17.3 Å². The lowest BCUT2D eigenvalue weighted by atomic mass is 9.64. The SMILES string of the molecule is CCC1=C(F)CCc2cc(O)cc(C3=C(F)C(=N/C(C)N4CCCC5(CCC5)C4)/C(=C\CCC45CCCN4CCC5)C=C3)c21. The van der Waals surface area contributed by atoms with Gasteiger partial charge in [0, 0.05) is 30.6 Å². The van der Waals surface area contributed by atoms with Crippen LogP contribution in [0.3, 0.4) is 0 Å². The molecule has 0 radical (unpaired) electrons. The van der Waals surface area contributed by atoms with Crippen molar-refractivity contribution in [1.82, 2.24) is 9.80 Å². The average Bonchev–Trinajstić information content (AvgIpc) is 3.58. The van der Waals surface area contributed by atoms with Gasteiger partial charge in [0.05, 0.1) is 6.17 Å². The molecule has 236 valence electrons. The molecule has 3 aliphatic heterocycles. The smallest absolute Gasteiger partial charge is 0.156 e. The molecular weight excluding hydrogens is 552 g/mol. The average molecular weight is 602 g/mol. The van der Waals surface area contributed by atoms with Crippen molar-refractivity contribution in [3.63, 3.8) is 0 Å². The summed E-state index contributed by atoms with van der Waals surface area (Å²) in [6.45, 7) is 8.52. The van der Waals surface area contributed by atoms with E-state index >= 15 is 8.78 Å². The number of allylic oxidation sites excluding steroid dienone is 8. The van der Waals surface area contributed by atoms with Gasteiger partial charge in [-0.05, 0) is 142 Å². The third kappa shape index (κ3) is 5.34. The molecule has 1 aromatic carbocycles. The number of nitrogens with zero attached hydrogens (tertiary/aromatic N) is 3. The first-order valence-electron chi connectivity index (χ1n) is 17.4. The molecule has 3 heterocycles. The lowest BCUT2D eigenvalue weighted by Crippen LogP contribution is -2.49. The fraction of sp³-hybridized carbons (Fsp3) is 0.605. The van der Waals surface area contributed by atoms with E-state index in [4.69, 9.17) is 4.99 Å². The number of rotatable bonds is 7. The Bertz CT molecular complexity index is 1450. The topological polar surface area (TPSA) is 39.1 Å². The van der Waals surface area contributed by atoms with E-state index in [1.54, 1.807) is 12.1 Å². The molecule has 6 aliphatic rings. The molecule has 1 unspecified atom stereocenters. The van der Waals surface area contributed by atoms with Gasteiger partial charge in [0.15, 0.2) is 5.83 Å². The minimum Gasteiger partial charge on any atom is -0.508 e. The van der Waals surface area contributed by atoms with Crippen LogP contribution >= 0.6 is 0 Å². The first-order valence-corrected chi connectivity index (χ1v) is 17.4. The van der Waals surface area contributed by atoms with Gasteiger partial charge in [-0.1, -0.05) is 31.6 Å². The number of aliphatic imine (C=N–C) groups is 1. The van der Waals surface area contributed by atoms with E-state index in [1.807, 2.05) is 19.1 Å². The summed E-state index contributed by atoms with van der Waals surface area (Å²) in [5.74, 6) is -0.399. The quantitative estimate of drug-likeness (QED) is 0.339. The Morgan fingerprint density at radius 2 is 1.73 bits per heavy atom. The number of likely N-dealkylation sites (tertiary alicyclic amines) is 1. The number of piperidine rings is 1. The number of phenolic OH excluding ortho intramolecular Hbond substituents is 1. The molecule has 3 aliphatic carbocycles. The van der Waals surface area contributed by atoms with Crippen LogP contribution in [-0.2, 0) is 6.42 Å². The lowest BCUT2D eigenvalue weighted by Gasteiger charge is -2.50. The van der Waals surface area contributed by atoms with Crippen molar-refractivity contribution < 1.29 is 13.9 Å². The van der Waals surface area contributed by atoms with Crippen molar-refractivity contribution in [3.8, 4) is 5.75 Å². The van der Waals surface area contributed by atoms with Crippen molar-refractivity contribution >= 4 is 16.9 Å². The normalized spacial score (nSPS) is 27.4. The predicted molar refractivity (Wildman–Crippen MR) is 176 cm³/mol. The maximum absolute atomic E-state index is 17.0. The van der Waals surface area contributed by atoms with Crippen LogP contribution in [0.1, 0.15) is 114 Å². The Labute approximate surface area is 262 Å². The highest BCUT2D eigenvalue weighted by Gasteiger charge is 2.44. The molecule has 0 aromatic heterocycles. The minimum atomic E-state index is -0.364. The zero-order valence-corrected chi connectivity index (χ0v) is 26.7. The van der Waals surface area contributed by atoms with Gasteiger partial charge in [-0.3, -0.25) is 14.8 Å². The van der Waals surface area contributed by atoms with Crippen LogP contribution in [0, 0.1) is 5.41 Å². The van der Waals surface area contributed by atoms with E-state index in [0.29, 0.717) is 52.6 Å². The maximum atomic E-state index is 17.0. The van der Waals surface area contributed by atoms with Gasteiger partial charge in [-0.2, -0.15) is 0 Å². The van der Waals surface area contributed by atoms with Crippen LogP contribution in [0.5, 0.6) is 5.75 Å². The fourth-order valence-corrected chi connectivity index (χ4v) is 9.48. The van der Waals surface area contributed by atoms with Crippen LogP contribution in [-0.4, -0.2) is 58.5 Å². The number of hydrogen-bond donors (Lipinski definition) is 1. The molecule has 3 saturated heterocycles. The first-order chi connectivity index (χ1) is 21.3. The van der Waals surface area contributed by atoms with E-state index in [1.165, 1.54) is 70.9 Å². The van der Waals surface area contributed by atoms with Gasteiger partial charge < -0.3 is 5.11 Å². The van der Waals surface area contributed by atoms with Crippen LogP contribution < -0.4 is 0 Å². The van der Waals surface area contributed by atoms with Crippen molar-refractivity contribution in [1.29, 1.82) is 0 Å². The Balaban J connectivity index is 1.26. The first kappa shape index (κ1) is 30.1. The molecule has 0 bridgehead atoms. The molecule has 6 heteroatoms. The highest BCUT2D eigenvalue weighted by atomic mass is 19.1. The third-order valence-electron chi connectivity index (χ3n) is 12.0. The third-order valence-corrected chi connectivity index (χ3v) is 12.0. The van der Waals surface area contributed by atoms with E-state index in [2.05, 4.69) is 22.8 Å². The lowest BCUT2D eigenvalue weighted by molar-refractivity contribution is 0.00471. The summed E-state index contributed by atoms with van der Waals surface area (Å²) in [6.07, 6.45) is 20.7. The number of halogens is 2. The van der Waals surface area contributed by atoms with E-state index in [-0.39, 0.29) is 23.6 Å². The zero-order chi connectivity index (χ0) is 30.5. The van der Waals surface area contributed by atoms with Crippen molar-refractivity contribution in [3.05, 3.63) is 64.3 Å². The molecule has 0 amide bonds. The molecule has 7 rings (SSSR count). The molecule has 1 N–H and O–H groups in total. The second kappa shape index (κ2) is 12.0. The van der Waals surface area contributed by atoms with Crippen molar-refractivity contribution in [2.75, 3.05) is 26.2 Å². The summed E-state index contributed by atoms with van der Waals surface area (Å²) in [4.78, 5) is 10.3. The summed E-state index contributed by atoms with van der Waals surface area (Å²) >= 11 is 0. The van der Waals surface area contributed by atoms with Gasteiger partial charge in [-0.15, -0.1) is 0 Å². The highest BCUT2D eigenvalue weighted by Crippen LogP contribution is 2.48. The van der Waals surface area contributed by atoms with Crippen molar-refractivity contribution in [2.45, 2.75) is 115 Å². The van der Waals surface area contributed by atoms with Crippen LogP contribution in [0.4, 0.5) is 8.78 Å². The second-order valence-corrected chi connectivity index (χ2v) is 14.5. The van der Waals surface area contributed by atoms with E-state index in [0.717, 1.165) is 42.6 Å². The second-order valence-electron chi connectivity index (χ2n) is 14.5. The van der Waals surface area contributed by atoms with Crippen LogP contribution in [0.2, 0.25) is 0 Å². The van der Waals surface area contributed by atoms with Gasteiger partial charge in [0.2, 0.25) is 0 Å². The number of benzene rings is 1. The molecule has 44 heavy (non-hydrogen) atoms. The van der Waals surface area contributed by atoms with Crippen molar-refractivity contribution in [2.24, 2.45) is 10.4 Å². The maximum Gasteiger partial charge on any atom is 0.156 e. The summed E-state index contributed by atoms with van der Waals surface area (Å²) < 4.78 is 32.1. The Morgan fingerprint density at radius 1 is 0.977 bits per heavy atom. The molecule has 1 atom stereocenters. The molecule has 4 fully saturated rings. The Hall–Kier alpha value is -2.57. The Kier molecular flexibility index (Phi) is 8.20. The predicted octanol–water partition coefficient (Wildman–Crippen LogP) is 9.07. The number of hydrogen-bond acceptors (Lipinski definition) is 4. The molecule has 4 nitrogen and oxygen atoms in total. The summed E-state index contributed by atoms with van der Waals surface area (Å²) in [5, 5.41) is 10.7. The van der Waals surface area contributed by atoms with Gasteiger partial charge >= 0.3 is 0 Å². The Morgan fingerprint density at radius 3 is 2.45 bits per heavy atom. The largest absolute Gasteiger partial charge is 0.508 e. The van der Waals surface area contributed by atoms with E-state index in [9.17, 15) is 5.11 Å². The number of aromatic hydroxyl groups is 1. The summed E-state index contributed by atoms with van der Waals surface area (Å²) in [5.41, 5.74) is 5.22. The monoisotopic (exact) mass is 601 g/mol. The number of aryl methyl sites for hydroxylation is 1. The standard InChI is InChI=1S/C38H49F2N3O/c1-3-30-33(39)13-11-28-23-29(44)24-32(34(28)30)31-12-10-27(9-4-17-38-18-7-21-43(38)22-8-19-38)36(35(31)40)41-26(2)42-20-6-16-37(25-42)14-5-15-37/h9-10,12,23-24,26,44H,3-8,11,13-22,25H2,1-2H3/b27-9-,41-36+. The molecule has 1 saturated carbocycles. The van der Waals surface area contributed by atoms with Gasteiger partial charge in [0.25, 0.3) is 0 Å². The van der Waals surface area contributed by atoms with Crippen LogP contribution in [0.25, 0.3) is 11.1 Å². The van der Waals surface area contributed by atoms with Gasteiger partial charge in [-0.25, -0.2) is 8.78 Å². The van der Waals surface area contributed by atoms with E-state index < -0.39 is 0 Å². The summed E-state index contributed by atoms with van der Waals surface area (Å²) in [7, 11) is 0.